The van der Waals surface area contributed by atoms with Gasteiger partial charge >= 0.3 is 0 Å². The molecule has 0 bridgehead atoms. The molecule has 3 heterocycles. The van der Waals surface area contributed by atoms with Crippen LogP contribution >= 0.6 is 0 Å². The number of rotatable bonds is 10. The predicted molar refractivity (Wildman–Crippen MR) is 180 cm³/mol. The smallest absolute Gasteiger partial charge is 0.268 e. The molecule has 4 N–H and O–H groups in total. The van der Waals surface area contributed by atoms with Crippen LogP contribution in [-0.4, -0.2) is 62.6 Å². The molecule has 0 aliphatic carbocycles. The third-order valence-corrected chi connectivity index (χ3v) is 9.49. The molecule has 12 nitrogen and oxygen atoms in total. The van der Waals surface area contributed by atoms with Crippen LogP contribution in [0, 0.1) is 13.8 Å². The average Bonchev–Trinajstić information content (AvgIpc) is 3.72. The number of anilines is 1. The van der Waals surface area contributed by atoms with Gasteiger partial charge in [-0.2, -0.15) is 5.10 Å². The lowest BCUT2D eigenvalue weighted by Crippen LogP contribution is -2.33. The monoisotopic (exact) mass is 653 g/mol. The molecule has 0 spiro atoms. The van der Waals surface area contributed by atoms with Gasteiger partial charge in [0.05, 0.1) is 51.1 Å². The van der Waals surface area contributed by atoms with Crippen LogP contribution in [0.3, 0.4) is 0 Å². The van der Waals surface area contributed by atoms with Gasteiger partial charge in [0.1, 0.15) is 17.3 Å². The molecule has 6 aromatic rings. The number of hydrogen-bond acceptors (Lipinski definition) is 8. The molecule has 1 unspecified atom stereocenters. The van der Waals surface area contributed by atoms with Crippen LogP contribution in [-0.2, 0) is 14.8 Å². The van der Waals surface area contributed by atoms with Crippen molar-refractivity contribution in [3.8, 4) is 5.69 Å². The lowest BCUT2D eigenvalue weighted by Gasteiger charge is -2.16. The van der Waals surface area contributed by atoms with Gasteiger partial charge in [0.2, 0.25) is 5.78 Å². The topological polar surface area (TPSA) is 167 Å². The second-order valence-corrected chi connectivity index (χ2v) is 13.6. The standard InChI is InChI=1S/C34H35N7O5S/c1-19(2)46-21(4)17-36-34(43)23-8-13-30-24(14-23)15-31(41(30)47(44,45)26-10-6-20(3)7-11-26)32(42)27-18-37-40(33(27)35)25-9-12-28-29(16-25)39-22(5)38-28/h6-16,18-19,21H,17,35H2,1-5H3,(H,36,43)(H,38,39). The number of imidazole rings is 1. The highest BCUT2D eigenvalue weighted by molar-refractivity contribution is 7.90. The molecule has 0 aliphatic rings. The van der Waals surface area contributed by atoms with Crippen molar-refractivity contribution in [1.29, 1.82) is 0 Å². The number of benzene rings is 3. The molecule has 3 aromatic heterocycles. The van der Waals surface area contributed by atoms with Crippen LogP contribution in [0.2, 0.25) is 0 Å². The molecule has 0 radical (unpaired) electrons. The first-order chi connectivity index (χ1) is 22.3. The van der Waals surface area contributed by atoms with E-state index in [0.29, 0.717) is 22.2 Å². The van der Waals surface area contributed by atoms with Crippen molar-refractivity contribution in [3.05, 3.63) is 101 Å². The summed E-state index contributed by atoms with van der Waals surface area (Å²) in [6, 6.07) is 17.8. The number of fused-ring (bicyclic) bond motifs is 2. The Labute approximate surface area is 271 Å². The number of nitrogen functional groups attached to an aromatic ring is 1. The van der Waals surface area contributed by atoms with Gasteiger partial charge in [-0.15, -0.1) is 0 Å². The van der Waals surface area contributed by atoms with Crippen LogP contribution in [0.5, 0.6) is 0 Å². The van der Waals surface area contributed by atoms with Crippen molar-refractivity contribution in [3.63, 3.8) is 0 Å². The minimum atomic E-state index is -4.27. The fourth-order valence-corrected chi connectivity index (χ4v) is 7.06. The third kappa shape index (κ3) is 6.02. The lowest BCUT2D eigenvalue weighted by atomic mass is 10.1. The Morgan fingerprint density at radius 2 is 1.74 bits per heavy atom. The maximum atomic E-state index is 14.2. The Bertz CT molecular complexity index is 2260. The van der Waals surface area contributed by atoms with Crippen molar-refractivity contribution in [1.82, 2.24) is 29.0 Å². The number of aryl methyl sites for hydroxylation is 2. The van der Waals surface area contributed by atoms with Crippen LogP contribution in [0.4, 0.5) is 5.82 Å². The Morgan fingerprint density at radius 3 is 2.47 bits per heavy atom. The highest BCUT2D eigenvalue weighted by Gasteiger charge is 2.29. The summed E-state index contributed by atoms with van der Waals surface area (Å²) < 4.78 is 36.4. The summed E-state index contributed by atoms with van der Waals surface area (Å²) >= 11 is 0. The minimum absolute atomic E-state index is 0.00174. The normalized spacial score (nSPS) is 12.6. The number of aromatic nitrogens is 5. The quantitative estimate of drug-likeness (QED) is 0.175. The third-order valence-electron chi connectivity index (χ3n) is 7.75. The largest absolute Gasteiger partial charge is 0.383 e. The Kier molecular flexibility index (Phi) is 8.20. The number of ether oxygens (including phenoxy) is 1. The second-order valence-electron chi connectivity index (χ2n) is 11.8. The fraction of sp³-hybridized carbons (Fsp3) is 0.235. The summed E-state index contributed by atoms with van der Waals surface area (Å²) in [4.78, 5) is 34.9. The first-order valence-corrected chi connectivity index (χ1v) is 16.5. The molecule has 47 heavy (non-hydrogen) atoms. The predicted octanol–water partition coefficient (Wildman–Crippen LogP) is 4.91. The highest BCUT2D eigenvalue weighted by atomic mass is 32.2. The second kappa shape index (κ2) is 12.2. The number of hydrogen-bond donors (Lipinski definition) is 3. The lowest BCUT2D eigenvalue weighted by molar-refractivity contribution is 0.0194. The zero-order chi connectivity index (χ0) is 33.6. The van der Waals surface area contributed by atoms with Gasteiger partial charge in [0.25, 0.3) is 15.9 Å². The number of carbonyl (C=O) groups excluding carboxylic acids is 2. The summed E-state index contributed by atoms with van der Waals surface area (Å²) in [7, 11) is -4.27. The summed E-state index contributed by atoms with van der Waals surface area (Å²) in [6.07, 6.45) is 1.12. The molecule has 13 heteroatoms. The van der Waals surface area contributed by atoms with E-state index in [9.17, 15) is 18.0 Å². The summed E-state index contributed by atoms with van der Waals surface area (Å²) in [5, 5.41) is 7.59. The van der Waals surface area contributed by atoms with Gasteiger partial charge in [-0.25, -0.2) is 22.1 Å². The van der Waals surface area contributed by atoms with E-state index in [1.165, 1.54) is 41.2 Å². The molecule has 0 fully saturated rings. The molecule has 1 atom stereocenters. The van der Waals surface area contributed by atoms with E-state index < -0.39 is 15.8 Å². The molecule has 0 aliphatic heterocycles. The van der Waals surface area contributed by atoms with E-state index in [2.05, 4.69) is 20.4 Å². The molecule has 0 saturated heterocycles. The van der Waals surface area contributed by atoms with E-state index in [1.54, 1.807) is 30.3 Å². The van der Waals surface area contributed by atoms with Gasteiger partial charge in [-0.05, 0) is 89.2 Å². The maximum absolute atomic E-state index is 14.2. The van der Waals surface area contributed by atoms with E-state index in [1.807, 2.05) is 40.7 Å². The van der Waals surface area contributed by atoms with E-state index >= 15 is 0 Å². The number of ketones is 1. The van der Waals surface area contributed by atoms with Crippen molar-refractivity contribution in [2.24, 2.45) is 0 Å². The Hall–Kier alpha value is -5.27. The highest BCUT2D eigenvalue weighted by Crippen LogP contribution is 2.30. The van der Waals surface area contributed by atoms with Crippen molar-refractivity contribution >= 4 is 49.5 Å². The zero-order valence-electron chi connectivity index (χ0n) is 26.6. The number of carbonyl (C=O) groups is 2. The Balaban J connectivity index is 1.43. The van der Waals surface area contributed by atoms with Crippen molar-refractivity contribution in [2.75, 3.05) is 12.3 Å². The number of nitrogens with one attached hydrogen (secondary N) is 2. The summed E-state index contributed by atoms with van der Waals surface area (Å²) in [6.45, 7) is 9.68. The van der Waals surface area contributed by atoms with Gasteiger partial charge in [-0.1, -0.05) is 17.7 Å². The molecular weight excluding hydrogens is 618 g/mol. The van der Waals surface area contributed by atoms with Crippen LogP contribution in [0.15, 0.2) is 77.8 Å². The molecular formula is C34H35N7O5S. The first-order valence-electron chi connectivity index (χ1n) is 15.1. The fourth-order valence-electron chi connectivity index (χ4n) is 5.55. The summed E-state index contributed by atoms with van der Waals surface area (Å²) in [5.74, 6) is -0.228. The number of nitrogens with two attached hydrogens (primary N) is 1. The molecule has 6 rings (SSSR count). The SMILES string of the molecule is Cc1ccc(S(=O)(=O)n2c(C(=O)c3cnn(-c4ccc5[nH]c(C)nc5c4)c3N)cc3cc(C(=O)NCC(C)OC(C)C)ccc32)cc1. The number of amides is 1. The van der Waals surface area contributed by atoms with Gasteiger partial charge in [-0.3, -0.25) is 9.59 Å². The molecule has 0 saturated carbocycles. The van der Waals surface area contributed by atoms with Crippen LogP contribution in [0.1, 0.15) is 58.6 Å². The zero-order valence-corrected chi connectivity index (χ0v) is 27.4. The van der Waals surface area contributed by atoms with Gasteiger partial charge in [0.15, 0.2) is 0 Å². The maximum Gasteiger partial charge on any atom is 0.268 e. The molecule has 242 valence electrons. The number of aromatic amines is 1. The first kappa shape index (κ1) is 31.7. The molecule has 3 aromatic carbocycles. The molecule has 1 amide bonds. The Morgan fingerprint density at radius 1 is 1.00 bits per heavy atom. The van der Waals surface area contributed by atoms with Crippen molar-refractivity contribution < 1.29 is 22.7 Å². The minimum Gasteiger partial charge on any atom is -0.383 e. The van der Waals surface area contributed by atoms with Crippen LogP contribution < -0.4 is 11.1 Å². The van der Waals surface area contributed by atoms with E-state index in [4.69, 9.17) is 10.5 Å². The van der Waals surface area contributed by atoms with Gasteiger partial charge < -0.3 is 20.8 Å². The average molecular weight is 654 g/mol. The van der Waals surface area contributed by atoms with E-state index in [0.717, 1.165) is 20.9 Å². The van der Waals surface area contributed by atoms with Crippen LogP contribution in [0.25, 0.3) is 27.6 Å². The number of H-pyrrole nitrogens is 1. The van der Waals surface area contributed by atoms with Gasteiger partial charge in [0, 0.05) is 17.5 Å². The van der Waals surface area contributed by atoms with Crippen molar-refractivity contribution in [2.45, 2.75) is 51.7 Å². The number of nitrogens with zero attached hydrogens (tertiary/aromatic N) is 4. The summed E-state index contributed by atoms with van der Waals surface area (Å²) in [5.41, 5.74) is 9.88. The van der Waals surface area contributed by atoms with E-state index in [-0.39, 0.29) is 52.1 Å².